The average Bonchev–Trinajstić information content (AvgIpc) is 2.93. The first-order chi connectivity index (χ1) is 9.06. The molecule has 0 spiro atoms. The highest BCUT2D eigenvalue weighted by atomic mass is 16.3. The van der Waals surface area contributed by atoms with Gasteiger partial charge in [-0.05, 0) is 25.2 Å². The van der Waals surface area contributed by atoms with Crippen LogP contribution in [-0.4, -0.2) is 35.6 Å². The predicted octanol–water partition coefficient (Wildman–Crippen LogP) is 0.570. The van der Waals surface area contributed by atoms with E-state index in [0.29, 0.717) is 12.5 Å². The minimum absolute atomic E-state index is 0.00465. The lowest BCUT2D eigenvalue weighted by Crippen LogP contribution is -2.49. The van der Waals surface area contributed by atoms with Crippen molar-refractivity contribution in [1.82, 2.24) is 10.6 Å². The summed E-state index contributed by atoms with van der Waals surface area (Å²) in [5.74, 6) is 0.629. The van der Waals surface area contributed by atoms with E-state index in [-0.39, 0.29) is 30.8 Å². The fraction of sp³-hybridized carbons (Fsp3) is 0.857. The van der Waals surface area contributed by atoms with Gasteiger partial charge in [0.05, 0.1) is 12.1 Å². The van der Waals surface area contributed by atoms with E-state index in [9.17, 15) is 14.7 Å². The van der Waals surface area contributed by atoms with E-state index >= 15 is 0 Å². The summed E-state index contributed by atoms with van der Waals surface area (Å²) < 4.78 is 0. The molecule has 0 aromatic heterocycles. The molecule has 2 fully saturated rings. The van der Waals surface area contributed by atoms with Crippen LogP contribution in [0.25, 0.3) is 0 Å². The van der Waals surface area contributed by atoms with Crippen molar-refractivity contribution in [2.75, 3.05) is 13.2 Å². The van der Waals surface area contributed by atoms with Gasteiger partial charge in [-0.2, -0.15) is 0 Å². The van der Waals surface area contributed by atoms with Crippen molar-refractivity contribution >= 4 is 11.8 Å². The third-order valence-electron chi connectivity index (χ3n) is 4.37. The van der Waals surface area contributed by atoms with Crippen molar-refractivity contribution in [1.29, 1.82) is 0 Å². The molecule has 0 radical (unpaired) electrons. The standard InChI is InChI=1S/C14H24N2O3/c1-10-8-11(10)13(19)15-7-4-12(18)16-14(9-17)5-2-3-6-14/h10-11,17H,2-9H2,1H3,(H,15,19)(H,16,18). The van der Waals surface area contributed by atoms with Gasteiger partial charge in [-0.25, -0.2) is 0 Å². The Bertz CT molecular complexity index is 351. The third-order valence-corrected chi connectivity index (χ3v) is 4.37. The molecule has 2 unspecified atom stereocenters. The van der Waals surface area contributed by atoms with Crippen LogP contribution in [0.2, 0.25) is 0 Å². The second-order valence-corrected chi connectivity index (χ2v) is 6.05. The lowest BCUT2D eigenvalue weighted by molar-refractivity contribution is -0.124. The topological polar surface area (TPSA) is 78.4 Å². The van der Waals surface area contributed by atoms with Crippen LogP contribution in [0, 0.1) is 11.8 Å². The van der Waals surface area contributed by atoms with Gasteiger partial charge in [-0.1, -0.05) is 19.8 Å². The van der Waals surface area contributed by atoms with Gasteiger partial charge in [0.15, 0.2) is 0 Å². The molecule has 5 nitrogen and oxygen atoms in total. The summed E-state index contributed by atoms with van der Waals surface area (Å²) in [6, 6.07) is 0. The molecule has 0 aromatic carbocycles. The number of carbonyl (C=O) groups excluding carboxylic acids is 2. The van der Waals surface area contributed by atoms with Gasteiger partial charge in [0.1, 0.15) is 0 Å². The van der Waals surface area contributed by atoms with Gasteiger partial charge < -0.3 is 15.7 Å². The Morgan fingerprint density at radius 2 is 1.95 bits per heavy atom. The molecular formula is C14H24N2O3. The maximum Gasteiger partial charge on any atom is 0.223 e. The molecule has 2 rings (SSSR count). The van der Waals surface area contributed by atoms with Crippen LogP contribution in [0.1, 0.15) is 45.4 Å². The third kappa shape index (κ3) is 3.69. The van der Waals surface area contributed by atoms with Gasteiger partial charge in [0.25, 0.3) is 0 Å². The molecule has 2 aliphatic rings. The minimum Gasteiger partial charge on any atom is -0.394 e. The Morgan fingerprint density at radius 1 is 1.32 bits per heavy atom. The molecule has 2 aliphatic carbocycles. The molecule has 5 heteroatoms. The van der Waals surface area contributed by atoms with Crippen LogP contribution in [0.4, 0.5) is 0 Å². The highest BCUT2D eigenvalue weighted by Crippen LogP contribution is 2.37. The van der Waals surface area contributed by atoms with Crippen LogP contribution in [0.15, 0.2) is 0 Å². The molecule has 0 aromatic rings. The summed E-state index contributed by atoms with van der Waals surface area (Å²) in [5, 5.41) is 15.1. The van der Waals surface area contributed by atoms with E-state index in [2.05, 4.69) is 17.6 Å². The quantitative estimate of drug-likeness (QED) is 0.659. The Balaban J connectivity index is 1.65. The van der Waals surface area contributed by atoms with Gasteiger partial charge in [-0.15, -0.1) is 0 Å². The fourth-order valence-corrected chi connectivity index (χ4v) is 2.85. The van der Waals surface area contributed by atoms with E-state index in [1.165, 1.54) is 0 Å². The number of hydrogen-bond acceptors (Lipinski definition) is 3. The van der Waals surface area contributed by atoms with Crippen molar-refractivity contribution in [2.45, 2.75) is 51.0 Å². The lowest BCUT2D eigenvalue weighted by Gasteiger charge is -2.28. The monoisotopic (exact) mass is 268 g/mol. The average molecular weight is 268 g/mol. The first-order valence-corrected chi connectivity index (χ1v) is 7.26. The normalized spacial score (nSPS) is 27.9. The summed E-state index contributed by atoms with van der Waals surface area (Å²) in [6.07, 6.45) is 5.05. The van der Waals surface area contributed by atoms with Gasteiger partial charge >= 0.3 is 0 Å². The van der Waals surface area contributed by atoms with Crippen LogP contribution in [-0.2, 0) is 9.59 Å². The van der Waals surface area contributed by atoms with Gasteiger partial charge in [-0.3, -0.25) is 9.59 Å². The van der Waals surface area contributed by atoms with Gasteiger partial charge in [0, 0.05) is 18.9 Å². The summed E-state index contributed by atoms with van der Waals surface area (Å²) in [7, 11) is 0. The molecule has 3 N–H and O–H groups in total. The smallest absolute Gasteiger partial charge is 0.223 e. The highest BCUT2D eigenvalue weighted by molar-refractivity contribution is 5.82. The molecule has 2 saturated carbocycles. The summed E-state index contributed by atoms with van der Waals surface area (Å²) >= 11 is 0. The van der Waals surface area contributed by atoms with Crippen LogP contribution < -0.4 is 10.6 Å². The van der Waals surface area contributed by atoms with Crippen molar-refractivity contribution in [3.8, 4) is 0 Å². The SMILES string of the molecule is CC1CC1C(=O)NCCC(=O)NC1(CO)CCCC1. The van der Waals surface area contributed by atoms with Gasteiger partial charge in [0.2, 0.25) is 11.8 Å². The molecule has 0 heterocycles. The largest absolute Gasteiger partial charge is 0.394 e. The van der Waals surface area contributed by atoms with Crippen molar-refractivity contribution in [2.24, 2.45) is 11.8 Å². The highest BCUT2D eigenvalue weighted by Gasteiger charge is 2.39. The maximum atomic E-state index is 11.8. The van der Waals surface area contributed by atoms with Crippen LogP contribution >= 0.6 is 0 Å². The first kappa shape index (κ1) is 14.3. The van der Waals surface area contributed by atoms with E-state index < -0.39 is 5.54 Å². The van der Waals surface area contributed by atoms with E-state index in [4.69, 9.17) is 0 Å². The zero-order valence-electron chi connectivity index (χ0n) is 11.6. The molecular weight excluding hydrogens is 244 g/mol. The second-order valence-electron chi connectivity index (χ2n) is 6.05. The molecule has 0 saturated heterocycles. The predicted molar refractivity (Wildman–Crippen MR) is 71.3 cm³/mol. The lowest BCUT2D eigenvalue weighted by atomic mass is 9.99. The Hall–Kier alpha value is -1.10. The van der Waals surface area contributed by atoms with Crippen LogP contribution in [0.3, 0.4) is 0 Å². The van der Waals surface area contributed by atoms with Crippen molar-refractivity contribution in [3.63, 3.8) is 0 Å². The fourth-order valence-electron chi connectivity index (χ4n) is 2.85. The number of aliphatic hydroxyl groups is 1. The zero-order valence-corrected chi connectivity index (χ0v) is 11.6. The zero-order chi connectivity index (χ0) is 13.9. The Labute approximate surface area is 114 Å². The van der Waals surface area contributed by atoms with Crippen molar-refractivity contribution < 1.29 is 14.7 Å². The Kier molecular flexibility index (Phi) is 4.45. The summed E-state index contributed by atoms with van der Waals surface area (Å²) in [4.78, 5) is 23.4. The van der Waals surface area contributed by atoms with E-state index in [0.717, 1.165) is 32.1 Å². The number of aliphatic hydroxyl groups excluding tert-OH is 1. The molecule has 0 bridgehead atoms. The van der Waals surface area contributed by atoms with E-state index in [1.807, 2.05) is 0 Å². The number of nitrogens with one attached hydrogen (secondary N) is 2. The summed E-state index contributed by atoms with van der Waals surface area (Å²) in [5.41, 5.74) is -0.411. The molecule has 2 atom stereocenters. The minimum atomic E-state index is -0.411. The molecule has 2 amide bonds. The Morgan fingerprint density at radius 3 is 2.47 bits per heavy atom. The maximum absolute atomic E-state index is 11.8. The second kappa shape index (κ2) is 5.90. The number of hydrogen-bond donors (Lipinski definition) is 3. The van der Waals surface area contributed by atoms with E-state index in [1.54, 1.807) is 0 Å². The molecule has 0 aliphatic heterocycles. The first-order valence-electron chi connectivity index (χ1n) is 7.26. The van der Waals surface area contributed by atoms with Crippen molar-refractivity contribution in [3.05, 3.63) is 0 Å². The number of carbonyl (C=O) groups is 2. The number of rotatable bonds is 6. The summed E-state index contributed by atoms with van der Waals surface area (Å²) in [6.45, 7) is 2.45. The molecule has 108 valence electrons. The molecule has 19 heavy (non-hydrogen) atoms. The number of amides is 2. The van der Waals surface area contributed by atoms with Crippen LogP contribution in [0.5, 0.6) is 0 Å².